The van der Waals surface area contributed by atoms with Crippen LogP contribution in [-0.4, -0.2) is 28.3 Å². The van der Waals surface area contributed by atoms with Crippen molar-refractivity contribution in [3.05, 3.63) is 0 Å². The topological polar surface area (TPSA) is 66.5 Å². The monoisotopic (exact) mass is 154 g/mol. The van der Waals surface area contributed by atoms with Crippen LogP contribution < -0.4 is 0 Å². The van der Waals surface area contributed by atoms with Gasteiger partial charge in [0.25, 0.3) is 11.2 Å². The fourth-order valence-corrected chi connectivity index (χ4v) is 1.15. The molecule has 0 amide bonds. The minimum absolute atomic E-state index is 0.410. The van der Waals surface area contributed by atoms with Crippen LogP contribution in [0.3, 0.4) is 0 Å². The van der Waals surface area contributed by atoms with E-state index in [4.69, 9.17) is 0 Å². The first kappa shape index (κ1) is 5.60. The molecule has 0 radical (unpaired) electrons. The molecule has 0 aromatic heterocycles. The summed E-state index contributed by atoms with van der Waals surface area (Å²) in [6, 6.07) is 0. The summed E-state index contributed by atoms with van der Waals surface area (Å²) in [5.74, 6) is 0.410. The molecular formula is C4H2N4OS. The van der Waals surface area contributed by atoms with Gasteiger partial charge in [0, 0.05) is 0 Å². The molecule has 0 fully saturated rings. The van der Waals surface area contributed by atoms with Crippen molar-refractivity contribution in [3.8, 4) is 0 Å². The maximum Gasteiger partial charge on any atom is 0.267 e. The lowest BCUT2D eigenvalue weighted by Gasteiger charge is -1.95. The maximum absolute atomic E-state index is 10.6. The molecule has 0 aliphatic carbocycles. The molecule has 0 spiro atoms. The standard InChI is InChI=1S/C4H2N4OS/c9-10-7-1-3-4(8-10)6-2-5-3/h1-2H. The first-order chi connectivity index (χ1) is 4.86. The molecule has 0 bridgehead atoms. The van der Waals surface area contributed by atoms with Crippen molar-refractivity contribution in [1.29, 1.82) is 0 Å². The molecule has 0 aromatic rings. The van der Waals surface area contributed by atoms with Gasteiger partial charge >= 0.3 is 0 Å². The Morgan fingerprint density at radius 3 is 3.30 bits per heavy atom. The van der Waals surface area contributed by atoms with Gasteiger partial charge in [0.2, 0.25) is 0 Å². The molecule has 2 rings (SSSR count). The van der Waals surface area contributed by atoms with E-state index < -0.39 is 11.2 Å². The van der Waals surface area contributed by atoms with Crippen molar-refractivity contribution in [3.63, 3.8) is 0 Å². The quantitative estimate of drug-likeness (QED) is 0.465. The molecule has 0 N–H and O–H groups in total. The van der Waals surface area contributed by atoms with E-state index >= 15 is 0 Å². The van der Waals surface area contributed by atoms with Gasteiger partial charge in [-0.3, -0.25) is 0 Å². The Kier molecular flexibility index (Phi) is 1.07. The second-order valence-electron chi connectivity index (χ2n) is 1.64. The van der Waals surface area contributed by atoms with E-state index in [9.17, 15) is 4.21 Å². The van der Waals surface area contributed by atoms with Gasteiger partial charge in [-0.15, -0.1) is 4.40 Å². The molecule has 5 nitrogen and oxygen atoms in total. The Bertz CT molecular complexity index is 313. The van der Waals surface area contributed by atoms with Crippen LogP contribution in [0.25, 0.3) is 0 Å². The van der Waals surface area contributed by atoms with Crippen molar-refractivity contribution in [2.24, 2.45) is 18.8 Å². The number of nitrogens with zero attached hydrogens (tertiary/aromatic N) is 4. The summed E-state index contributed by atoms with van der Waals surface area (Å²) in [5, 5.41) is 0. The molecule has 50 valence electrons. The number of amidine groups is 1. The fraction of sp³-hybridized carbons (Fsp3) is 0. The number of fused-ring (bicyclic) bond motifs is 1. The summed E-state index contributed by atoms with van der Waals surface area (Å²) in [6.45, 7) is 0. The molecule has 0 saturated carbocycles. The van der Waals surface area contributed by atoms with Gasteiger partial charge in [0.05, 0.1) is 6.21 Å². The van der Waals surface area contributed by atoms with Crippen molar-refractivity contribution >= 4 is 35.3 Å². The van der Waals surface area contributed by atoms with Crippen LogP contribution in [0.1, 0.15) is 0 Å². The van der Waals surface area contributed by atoms with E-state index in [1.54, 1.807) is 0 Å². The minimum Gasteiger partial charge on any atom is -0.231 e. The Balaban J connectivity index is 2.51. The number of hydrogen-bond donors (Lipinski definition) is 0. The highest BCUT2D eigenvalue weighted by Gasteiger charge is 2.15. The second kappa shape index (κ2) is 1.91. The van der Waals surface area contributed by atoms with Crippen LogP contribution in [0.5, 0.6) is 0 Å². The highest BCUT2D eigenvalue weighted by Crippen LogP contribution is 2.01. The SMILES string of the molecule is O=S1N=CC2=NC=NC2=N1. The average molecular weight is 154 g/mol. The summed E-state index contributed by atoms with van der Waals surface area (Å²) in [4.78, 5) is 7.55. The highest BCUT2D eigenvalue weighted by molar-refractivity contribution is 7.83. The Labute approximate surface area is 59.0 Å². The van der Waals surface area contributed by atoms with E-state index in [2.05, 4.69) is 18.8 Å². The van der Waals surface area contributed by atoms with Crippen LogP contribution in [0, 0.1) is 0 Å². The van der Waals surface area contributed by atoms with Gasteiger partial charge in [-0.25, -0.2) is 14.2 Å². The van der Waals surface area contributed by atoms with Crippen LogP contribution in [-0.2, 0) is 11.2 Å². The Morgan fingerprint density at radius 2 is 2.40 bits per heavy atom. The highest BCUT2D eigenvalue weighted by atomic mass is 32.2. The largest absolute Gasteiger partial charge is 0.267 e. The molecule has 0 saturated heterocycles. The van der Waals surface area contributed by atoms with Gasteiger partial charge in [-0.2, -0.15) is 4.40 Å². The third kappa shape index (κ3) is 0.730. The molecule has 2 aliphatic rings. The maximum atomic E-state index is 10.6. The summed E-state index contributed by atoms with van der Waals surface area (Å²) in [6.07, 6.45) is 2.77. The molecule has 2 heterocycles. The van der Waals surface area contributed by atoms with Crippen LogP contribution in [0.2, 0.25) is 0 Å². The molecule has 1 atom stereocenters. The van der Waals surface area contributed by atoms with Gasteiger partial charge in [0.15, 0.2) is 5.84 Å². The van der Waals surface area contributed by atoms with Crippen LogP contribution in [0.15, 0.2) is 18.8 Å². The summed E-state index contributed by atoms with van der Waals surface area (Å²) in [5.41, 5.74) is 0.583. The number of rotatable bonds is 0. The fourth-order valence-electron chi connectivity index (χ4n) is 0.624. The molecule has 0 aromatic carbocycles. The summed E-state index contributed by atoms with van der Waals surface area (Å²) in [7, 11) is 0. The van der Waals surface area contributed by atoms with Gasteiger partial charge in [-0.1, -0.05) is 0 Å². The predicted molar refractivity (Wildman–Crippen MR) is 40.0 cm³/mol. The minimum atomic E-state index is -1.49. The predicted octanol–water partition coefficient (Wildman–Crippen LogP) is -0.469. The van der Waals surface area contributed by atoms with E-state index in [1.807, 2.05) is 0 Å². The molecular weight excluding hydrogens is 152 g/mol. The first-order valence-electron chi connectivity index (χ1n) is 2.52. The molecule has 6 heteroatoms. The normalized spacial score (nSPS) is 27.8. The third-order valence-electron chi connectivity index (χ3n) is 1.04. The zero-order valence-corrected chi connectivity index (χ0v) is 5.58. The van der Waals surface area contributed by atoms with Crippen molar-refractivity contribution in [2.75, 3.05) is 0 Å². The second-order valence-corrected chi connectivity index (χ2v) is 2.49. The number of aliphatic imine (C=N–C) groups is 2. The smallest absolute Gasteiger partial charge is 0.231 e. The van der Waals surface area contributed by atoms with Crippen molar-refractivity contribution in [2.45, 2.75) is 0 Å². The van der Waals surface area contributed by atoms with E-state index in [-0.39, 0.29) is 0 Å². The third-order valence-corrected chi connectivity index (χ3v) is 1.65. The average Bonchev–Trinajstić information content (AvgIpc) is 2.33. The van der Waals surface area contributed by atoms with E-state index in [0.717, 1.165) is 0 Å². The lowest BCUT2D eigenvalue weighted by molar-refractivity contribution is 0.686. The summed E-state index contributed by atoms with van der Waals surface area (Å²) < 4.78 is 17.7. The zero-order chi connectivity index (χ0) is 6.97. The van der Waals surface area contributed by atoms with Gasteiger partial charge in [-0.05, 0) is 0 Å². The van der Waals surface area contributed by atoms with Crippen molar-refractivity contribution in [1.82, 2.24) is 0 Å². The van der Waals surface area contributed by atoms with Gasteiger partial charge < -0.3 is 0 Å². The van der Waals surface area contributed by atoms with Gasteiger partial charge in [0.1, 0.15) is 12.1 Å². The molecule has 2 aliphatic heterocycles. The Hall–Kier alpha value is -1.17. The first-order valence-corrected chi connectivity index (χ1v) is 3.58. The summed E-state index contributed by atoms with van der Waals surface area (Å²) >= 11 is -1.49. The van der Waals surface area contributed by atoms with Crippen LogP contribution in [0.4, 0.5) is 0 Å². The van der Waals surface area contributed by atoms with Crippen LogP contribution >= 0.6 is 0 Å². The molecule has 10 heavy (non-hydrogen) atoms. The van der Waals surface area contributed by atoms with Crippen molar-refractivity contribution < 1.29 is 4.21 Å². The lowest BCUT2D eigenvalue weighted by Crippen LogP contribution is -2.14. The zero-order valence-electron chi connectivity index (χ0n) is 4.76. The lowest BCUT2D eigenvalue weighted by atomic mass is 10.4. The number of hydrogen-bond acceptors (Lipinski definition) is 3. The van der Waals surface area contributed by atoms with E-state index in [0.29, 0.717) is 11.5 Å². The van der Waals surface area contributed by atoms with E-state index in [1.165, 1.54) is 12.6 Å². The molecule has 1 unspecified atom stereocenters. The Morgan fingerprint density at radius 1 is 1.50 bits per heavy atom.